The normalized spacial score (nSPS) is 15.3. The lowest BCUT2D eigenvalue weighted by Gasteiger charge is -2.26. The van der Waals surface area contributed by atoms with Crippen LogP contribution in [0.1, 0.15) is 30.3 Å². The number of thiazole rings is 2. The van der Waals surface area contributed by atoms with Crippen LogP contribution in [0.25, 0.3) is 0 Å². The van der Waals surface area contributed by atoms with E-state index in [0.29, 0.717) is 11.0 Å². The Kier molecular flexibility index (Phi) is 6.95. The molecule has 1 aliphatic heterocycles. The minimum atomic E-state index is -0.0835. The summed E-state index contributed by atoms with van der Waals surface area (Å²) in [6.07, 6.45) is 2.09. The molecule has 3 heterocycles. The van der Waals surface area contributed by atoms with E-state index in [1.807, 2.05) is 11.6 Å². The summed E-state index contributed by atoms with van der Waals surface area (Å²) < 4.78 is 5.35. The zero-order valence-electron chi connectivity index (χ0n) is 15.2. The lowest BCUT2D eigenvalue weighted by molar-refractivity contribution is -0.115. The molecule has 3 rings (SSSR count). The Morgan fingerprint density at radius 3 is 2.88 bits per heavy atom. The molecule has 0 unspecified atom stereocenters. The quantitative estimate of drug-likeness (QED) is 0.715. The second-order valence-electron chi connectivity index (χ2n) is 6.47. The van der Waals surface area contributed by atoms with E-state index in [4.69, 9.17) is 4.74 Å². The number of morpholine rings is 1. The average Bonchev–Trinajstić information content (AvgIpc) is 3.25. The van der Waals surface area contributed by atoms with Gasteiger partial charge in [-0.1, -0.05) is 13.8 Å². The molecule has 2 N–H and O–H groups in total. The minimum Gasteiger partial charge on any atom is -0.379 e. The Morgan fingerprint density at radius 1 is 1.35 bits per heavy atom. The van der Waals surface area contributed by atoms with Crippen LogP contribution in [0.5, 0.6) is 0 Å². The molecule has 26 heavy (non-hydrogen) atoms. The Bertz CT molecular complexity index is 710. The van der Waals surface area contributed by atoms with Crippen molar-refractivity contribution in [3.05, 3.63) is 22.1 Å². The van der Waals surface area contributed by atoms with Crippen molar-refractivity contribution in [2.75, 3.05) is 50.0 Å². The molecule has 0 bridgehead atoms. The Morgan fingerprint density at radius 2 is 2.15 bits per heavy atom. The maximum atomic E-state index is 12.2. The molecule has 1 aliphatic rings. The first-order chi connectivity index (χ1) is 12.6. The van der Waals surface area contributed by atoms with Crippen LogP contribution in [-0.2, 0) is 16.0 Å². The third kappa shape index (κ3) is 5.73. The summed E-state index contributed by atoms with van der Waals surface area (Å²) in [5.41, 5.74) is 0.780. The summed E-state index contributed by atoms with van der Waals surface area (Å²) in [7, 11) is 0. The molecule has 1 fully saturated rings. The number of carbonyl (C=O) groups excluding carboxylic acids is 1. The molecule has 0 aromatic carbocycles. The molecule has 2 aromatic heterocycles. The third-order valence-corrected chi connectivity index (χ3v) is 6.10. The third-order valence-electron chi connectivity index (χ3n) is 4.04. The van der Waals surface area contributed by atoms with E-state index >= 15 is 0 Å². The second-order valence-corrected chi connectivity index (χ2v) is 8.39. The van der Waals surface area contributed by atoms with Crippen molar-refractivity contribution in [1.82, 2.24) is 14.9 Å². The summed E-state index contributed by atoms with van der Waals surface area (Å²) in [4.78, 5) is 24.5. The molecular formula is C17H25N5O2S2. The van der Waals surface area contributed by atoms with E-state index in [1.165, 1.54) is 27.6 Å². The number of amides is 1. The van der Waals surface area contributed by atoms with Gasteiger partial charge in [-0.05, 0) is 5.92 Å². The molecule has 0 atom stereocenters. The van der Waals surface area contributed by atoms with E-state index in [2.05, 4.69) is 39.3 Å². The van der Waals surface area contributed by atoms with Gasteiger partial charge in [-0.2, -0.15) is 0 Å². The first-order valence-corrected chi connectivity index (χ1v) is 10.5. The molecular weight excluding hydrogens is 370 g/mol. The number of nitrogens with one attached hydrogen (secondary N) is 2. The van der Waals surface area contributed by atoms with Gasteiger partial charge in [-0.15, -0.1) is 22.7 Å². The van der Waals surface area contributed by atoms with Gasteiger partial charge >= 0.3 is 0 Å². The zero-order valence-corrected chi connectivity index (χ0v) is 16.8. The average molecular weight is 396 g/mol. The van der Waals surface area contributed by atoms with Gasteiger partial charge in [-0.25, -0.2) is 9.97 Å². The number of rotatable bonds is 8. The number of anilines is 2. The monoisotopic (exact) mass is 395 g/mol. The van der Waals surface area contributed by atoms with Crippen LogP contribution >= 0.6 is 22.7 Å². The Labute approximate surface area is 161 Å². The van der Waals surface area contributed by atoms with Gasteiger partial charge in [0.25, 0.3) is 0 Å². The predicted octanol–water partition coefficient (Wildman–Crippen LogP) is 2.65. The maximum absolute atomic E-state index is 12.2. The fourth-order valence-corrected chi connectivity index (χ4v) is 4.13. The first-order valence-electron chi connectivity index (χ1n) is 8.84. The van der Waals surface area contributed by atoms with E-state index in [1.54, 1.807) is 0 Å². The standard InChI is InChI=1S/C17H25N5O2S2/c1-12(2)14-10-19-17(26-14)21-15(23)9-13-11-25-16(20-13)18-3-4-22-5-7-24-8-6-22/h10-12H,3-9H2,1-2H3,(H,18,20)(H,19,21,23). The smallest absolute Gasteiger partial charge is 0.232 e. The van der Waals surface area contributed by atoms with Crippen LogP contribution in [0, 0.1) is 0 Å². The number of nitrogens with zero attached hydrogens (tertiary/aromatic N) is 3. The first kappa shape index (κ1) is 19.2. The van der Waals surface area contributed by atoms with Gasteiger partial charge in [0.05, 0.1) is 25.3 Å². The van der Waals surface area contributed by atoms with Gasteiger partial charge in [0.15, 0.2) is 10.3 Å². The topological polar surface area (TPSA) is 79.4 Å². The second kappa shape index (κ2) is 9.40. The number of hydrogen-bond donors (Lipinski definition) is 2. The zero-order chi connectivity index (χ0) is 18.4. The van der Waals surface area contributed by atoms with E-state index in [0.717, 1.165) is 50.2 Å². The Balaban J connectivity index is 1.41. The lowest BCUT2D eigenvalue weighted by atomic mass is 10.2. The van der Waals surface area contributed by atoms with Gasteiger partial charge in [-0.3, -0.25) is 9.69 Å². The molecule has 1 amide bonds. The Hall–Kier alpha value is -1.55. The van der Waals surface area contributed by atoms with Crippen molar-refractivity contribution in [1.29, 1.82) is 0 Å². The van der Waals surface area contributed by atoms with Crippen LogP contribution in [-0.4, -0.2) is 60.2 Å². The molecule has 7 nitrogen and oxygen atoms in total. The fourth-order valence-electron chi connectivity index (χ4n) is 2.55. The van der Waals surface area contributed by atoms with Crippen molar-refractivity contribution in [3.8, 4) is 0 Å². The fraction of sp³-hybridized carbons (Fsp3) is 0.588. The molecule has 2 aromatic rings. The van der Waals surface area contributed by atoms with Crippen molar-refractivity contribution < 1.29 is 9.53 Å². The van der Waals surface area contributed by atoms with Crippen molar-refractivity contribution >= 4 is 38.8 Å². The lowest BCUT2D eigenvalue weighted by Crippen LogP contribution is -2.38. The van der Waals surface area contributed by atoms with Gasteiger partial charge in [0, 0.05) is 42.6 Å². The van der Waals surface area contributed by atoms with Crippen LogP contribution < -0.4 is 10.6 Å². The summed E-state index contributed by atoms with van der Waals surface area (Å²) in [6.45, 7) is 9.64. The number of carbonyl (C=O) groups is 1. The highest BCUT2D eigenvalue weighted by Gasteiger charge is 2.12. The summed E-state index contributed by atoms with van der Waals surface area (Å²) >= 11 is 3.06. The molecule has 0 saturated carbocycles. The molecule has 142 valence electrons. The van der Waals surface area contributed by atoms with Gasteiger partial charge < -0.3 is 15.4 Å². The molecule has 0 radical (unpaired) electrons. The maximum Gasteiger partial charge on any atom is 0.232 e. The highest BCUT2D eigenvalue weighted by Crippen LogP contribution is 2.25. The molecule has 1 saturated heterocycles. The van der Waals surface area contributed by atoms with Crippen LogP contribution in [0.2, 0.25) is 0 Å². The van der Waals surface area contributed by atoms with Crippen molar-refractivity contribution in [2.24, 2.45) is 0 Å². The molecule has 0 spiro atoms. The minimum absolute atomic E-state index is 0.0835. The summed E-state index contributed by atoms with van der Waals surface area (Å²) in [6, 6.07) is 0. The van der Waals surface area contributed by atoms with Crippen molar-refractivity contribution in [2.45, 2.75) is 26.2 Å². The van der Waals surface area contributed by atoms with Gasteiger partial charge in [0.1, 0.15) is 0 Å². The summed E-state index contributed by atoms with van der Waals surface area (Å²) in [5.74, 6) is 0.336. The van der Waals surface area contributed by atoms with Crippen LogP contribution in [0.3, 0.4) is 0 Å². The highest BCUT2D eigenvalue weighted by molar-refractivity contribution is 7.15. The highest BCUT2D eigenvalue weighted by atomic mass is 32.1. The molecule has 9 heteroatoms. The summed E-state index contributed by atoms with van der Waals surface area (Å²) in [5, 5.41) is 9.63. The van der Waals surface area contributed by atoms with Crippen LogP contribution in [0.15, 0.2) is 11.6 Å². The van der Waals surface area contributed by atoms with Crippen molar-refractivity contribution in [3.63, 3.8) is 0 Å². The number of ether oxygens (including phenoxy) is 1. The van der Waals surface area contributed by atoms with E-state index in [9.17, 15) is 4.79 Å². The van der Waals surface area contributed by atoms with Gasteiger partial charge in [0.2, 0.25) is 5.91 Å². The van der Waals surface area contributed by atoms with E-state index < -0.39 is 0 Å². The number of hydrogen-bond acceptors (Lipinski definition) is 8. The van der Waals surface area contributed by atoms with Crippen LogP contribution in [0.4, 0.5) is 10.3 Å². The predicted molar refractivity (Wildman–Crippen MR) is 106 cm³/mol. The SMILES string of the molecule is CC(C)c1cnc(NC(=O)Cc2csc(NCCN3CCOCC3)n2)s1. The largest absolute Gasteiger partial charge is 0.379 e. The van der Waals surface area contributed by atoms with E-state index in [-0.39, 0.29) is 12.3 Å². The number of aromatic nitrogens is 2. The molecule has 0 aliphatic carbocycles.